The predicted octanol–water partition coefficient (Wildman–Crippen LogP) is 5.61. The van der Waals surface area contributed by atoms with Crippen LogP contribution in [0.3, 0.4) is 0 Å². The smallest absolute Gasteiger partial charge is 0.395 e. The normalized spacial score (nSPS) is 19.2. The zero-order chi connectivity index (χ0) is 24.9. The van der Waals surface area contributed by atoms with Crippen molar-refractivity contribution in [1.82, 2.24) is 9.97 Å². The number of ether oxygens (including phenoxy) is 2. The Kier molecular flexibility index (Phi) is 5.43. The Hall–Kier alpha value is -3.55. The van der Waals surface area contributed by atoms with Gasteiger partial charge in [-0.1, -0.05) is 18.2 Å². The van der Waals surface area contributed by atoms with E-state index >= 15 is 0 Å². The molecule has 3 aliphatic rings. The van der Waals surface area contributed by atoms with E-state index in [2.05, 4.69) is 14.4 Å². The first kappa shape index (κ1) is 22.9. The predicted molar refractivity (Wildman–Crippen MR) is 131 cm³/mol. The van der Waals surface area contributed by atoms with Crippen LogP contribution in [0.25, 0.3) is 11.4 Å². The number of fused-ring (bicyclic) bond motifs is 1. The van der Waals surface area contributed by atoms with Gasteiger partial charge in [0.05, 0.1) is 16.8 Å². The molecular formula is C28H27F2N3O3. The van der Waals surface area contributed by atoms with E-state index in [4.69, 9.17) is 9.97 Å². The van der Waals surface area contributed by atoms with Crippen LogP contribution in [0, 0.1) is 6.92 Å². The molecule has 8 heteroatoms. The first-order valence-electron chi connectivity index (χ1n) is 12.5. The number of piperidine rings is 1. The summed E-state index contributed by atoms with van der Waals surface area (Å²) in [5.74, 6) is 0.925. The van der Waals surface area contributed by atoms with Crippen LogP contribution in [0.5, 0.6) is 11.5 Å². The topological polar surface area (TPSA) is 64.6 Å². The molecule has 6 nitrogen and oxygen atoms in total. The van der Waals surface area contributed by atoms with Gasteiger partial charge in [0, 0.05) is 25.2 Å². The molecule has 0 atom stereocenters. The number of carbonyl (C=O) groups is 1. The third-order valence-electron chi connectivity index (χ3n) is 7.39. The Morgan fingerprint density at radius 1 is 0.972 bits per heavy atom. The van der Waals surface area contributed by atoms with Gasteiger partial charge in [0.15, 0.2) is 11.5 Å². The lowest BCUT2D eigenvalue weighted by Gasteiger charge is -2.28. The minimum Gasteiger partial charge on any atom is -0.395 e. The number of halogens is 2. The molecule has 0 amide bonds. The molecule has 36 heavy (non-hydrogen) atoms. The molecule has 0 bridgehead atoms. The second kappa shape index (κ2) is 8.54. The molecule has 0 radical (unpaired) electrons. The van der Waals surface area contributed by atoms with Gasteiger partial charge in [-0.05, 0) is 80.5 Å². The molecule has 1 aliphatic carbocycles. The van der Waals surface area contributed by atoms with Gasteiger partial charge in [-0.2, -0.15) is 0 Å². The maximum atomic E-state index is 13.4. The molecule has 0 spiro atoms. The van der Waals surface area contributed by atoms with Gasteiger partial charge in [-0.3, -0.25) is 9.78 Å². The van der Waals surface area contributed by atoms with Crippen LogP contribution >= 0.6 is 0 Å². The van der Waals surface area contributed by atoms with E-state index in [1.807, 2.05) is 37.3 Å². The van der Waals surface area contributed by atoms with Crippen LogP contribution in [0.2, 0.25) is 0 Å². The van der Waals surface area contributed by atoms with Crippen molar-refractivity contribution >= 4 is 11.6 Å². The van der Waals surface area contributed by atoms with E-state index in [0.29, 0.717) is 24.1 Å². The Labute approximate surface area is 208 Å². The van der Waals surface area contributed by atoms with Crippen molar-refractivity contribution in [3.63, 3.8) is 0 Å². The van der Waals surface area contributed by atoms with Crippen molar-refractivity contribution in [2.24, 2.45) is 0 Å². The number of carbonyl (C=O) groups excluding carboxylic acids is 1. The van der Waals surface area contributed by atoms with Gasteiger partial charge in [-0.15, -0.1) is 8.78 Å². The molecule has 1 aromatic carbocycles. The van der Waals surface area contributed by atoms with Gasteiger partial charge < -0.3 is 14.4 Å². The molecule has 186 valence electrons. The van der Waals surface area contributed by atoms with Crippen LogP contribution in [0.4, 0.5) is 14.6 Å². The SMILES string of the molecule is Cc1ccc(CC(=O)C2(c3ccc4c(c3)OC(F)(F)O4)CC2)nc1-c1cccc(N2CCCCC2)n1. The summed E-state index contributed by atoms with van der Waals surface area (Å²) in [4.78, 5) is 25.5. The van der Waals surface area contributed by atoms with Crippen LogP contribution in [-0.2, 0) is 16.6 Å². The number of anilines is 1. The van der Waals surface area contributed by atoms with Crippen molar-refractivity contribution in [2.45, 2.75) is 57.2 Å². The Morgan fingerprint density at radius 2 is 1.75 bits per heavy atom. The second-order valence-corrected chi connectivity index (χ2v) is 9.91. The number of pyridine rings is 2. The lowest BCUT2D eigenvalue weighted by molar-refractivity contribution is -0.286. The fraction of sp³-hybridized carbons (Fsp3) is 0.393. The largest absolute Gasteiger partial charge is 0.586 e. The summed E-state index contributed by atoms with van der Waals surface area (Å²) in [6.45, 7) is 4.02. The average molecular weight is 492 g/mol. The van der Waals surface area contributed by atoms with Crippen LogP contribution in [-0.4, -0.2) is 35.1 Å². The molecule has 2 fully saturated rings. The summed E-state index contributed by atoms with van der Waals surface area (Å²) in [6, 6.07) is 14.5. The standard InChI is InChI=1S/C28H27F2N3O3/c1-18-8-10-20(31-26(18)21-6-5-7-25(32-21)33-14-3-2-4-15-33)17-24(34)27(12-13-27)19-9-11-22-23(16-19)36-28(29,30)35-22/h5-11,16H,2-4,12-15,17H2,1H3. The van der Waals surface area contributed by atoms with Gasteiger partial charge in [0.2, 0.25) is 0 Å². The third kappa shape index (κ3) is 4.18. The maximum Gasteiger partial charge on any atom is 0.586 e. The van der Waals surface area contributed by atoms with E-state index in [1.54, 1.807) is 6.07 Å². The van der Waals surface area contributed by atoms with Gasteiger partial charge in [0.1, 0.15) is 11.6 Å². The summed E-state index contributed by atoms with van der Waals surface area (Å²) in [6.07, 6.45) is 1.42. The van der Waals surface area contributed by atoms with E-state index in [-0.39, 0.29) is 23.7 Å². The summed E-state index contributed by atoms with van der Waals surface area (Å²) < 4.78 is 36.0. The fourth-order valence-electron chi connectivity index (χ4n) is 5.22. The van der Waals surface area contributed by atoms with E-state index in [9.17, 15) is 13.6 Å². The highest BCUT2D eigenvalue weighted by Crippen LogP contribution is 2.52. The van der Waals surface area contributed by atoms with E-state index < -0.39 is 11.7 Å². The highest BCUT2D eigenvalue weighted by Gasteiger charge is 2.52. The number of rotatable bonds is 6. The number of alkyl halides is 2. The second-order valence-electron chi connectivity index (χ2n) is 9.91. The minimum atomic E-state index is -3.68. The van der Waals surface area contributed by atoms with E-state index in [0.717, 1.165) is 35.9 Å². The van der Waals surface area contributed by atoms with E-state index in [1.165, 1.54) is 31.4 Å². The number of hydrogen-bond donors (Lipinski definition) is 0. The molecule has 2 aliphatic heterocycles. The van der Waals surface area contributed by atoms with Crippen molar-refractivity contribution in [1.29, 1.82) is 0 Å². The summed E-state index contributed by atoms with van der Waals surface area (Å²) in [5, 5.41) is 0. The lowest BCUT2D eigenvalue weighted by atomic mass is 9.88. The maximum absolute atomic E-state index is 13.4. The number of aromatic nitrogens is 2. The molecule has 3 aromatic rings. The molecular weight excluding hydrogens is 464 g/mol. The zero-order valence-corrected chi connectivity index (χ0v) is 20.1. The van der Waals surface area contributed by atoms with Crippen molar-refractivity contribution in [3.8, 4) is 22.9 Å². The highest BCUT2D eigenvalue weighted by atomic mass is 19.3. The van der Waals surface area contributed by atoms with Gasteiger partial charge in [0.25, 0.3) is 0 Å². The summed E-state index contributed by atoms with van der Waals surface area (Å²) in [7, 11) is 0. The number of hydrogen-bond acceptors (Lipinski definition) is 6. The van der Waals surface area contributed by atoms with Gasteiger partial charge in [-0.25, -0.2) is 4.98 Å². The Bertz CT molecular complexity index is 1330. The minimum absolute atomic E-state index is 0.0175. The molecule has 4 heterocycles. The third-order valence-corrected chi connectivity index (χ3v) is 7.39. The first-order chi connectivity index (χ1) is 17.3. The molecule has 6 rings (SSSR count). The highest BCUT2D eigenvalue weighted by molar-refractivity contribution is 5.94. The number of Topliss-reactive ketones (excluding diaryl/α,β-unsaturated/α-hetero) is 1. The fourth-order valence-corrected chi connectivity index (χ4v) is 5.22. The van der Waals surface area contributed by atoms with Crippen molar-refractivity contribution in [3.05, 3.63) is 65.4 Å². The Balaban J connectivity index is 1.23. The number of ketones is 1. The number of nitrogens with zero attached hydrogens (tertiary/aromatic N) is 3. The van der Waals surface area contributed by atoms with Crippen LogP contribution in [0.15, 0.2) is 48.5 Å². The summed E-state index contributed by atoms with van der Waals surface area (Å²) >= 11 is 0. The monoisotopic (exact) mass is 491 g/mol. The summed E-state index contributed by atoms with van der Waals surface area (Å²) in [5.41, 5.74) is 3.21. The Morgan fingerprint density at radius 3 is 2.53 bits per heavy atom. The van der Waals surface area contributed by atoms with Gasteiger partial charge >= 0.3 is 6.29 Å². The number of benzene rings is 1. The average Bonchev–Trinajstić information content (AvgIpc) is 3.63. The molecule has 1 saturated heterocycles. The number of aryl methyl sites for hydroxylation is 1. The van der Waals surface area contributed by atoms with Crippen molar-refractivity contribution in [2.75, 3.05) is 18.0 Å². The quantitative estimate of drug-likeness (QED) is 0.447. The zero-order valence-electron chi connectivity index (χ0n) is 20.1. The van der Waals surface area contributed by atoms with Crippen LogP contribution in [0.1, 0.15) is 48.9 Å². The molecule has 0 N–H and O–H groups in total. The van der Waals surface area contributed by atoms with Crippen LogP contribution < -0.4 is 14.4 Å². The first-order valence-corrected chi connectivity index (χ1v) is 12.5. The molecule has 2 aromatic heterocycles. The molecule has 1 saturated carbocycles. The van der Waals surface area contributed by atoms with Crippen molar-refractivity contribution < 1.29 is 23.0 Å². The molecule has 0 unspecified atom stereocenters. The lowest BCUT2D eigenvalue weighted by Crippen LogP contribution is -2.30.